The van der Waals surface area contributed by atoms with E-state index in [0.717, 1.165) is 12.5 Å². The van der Waals surface area contributed by atoms with Gasteiger partial charge < -0.3 is 5.32 Å². The average Bonchev–Trinajstić information content (AvgIpc) is 2.42. The molecular formula is C18H30N2. The number of hydrogen-bond donors (Lipinski definition) is 1. The van der Waals surface area contributed by atoms with Crippen molar-refractivity contribution in [3.05, 3.63) is 34.9 Å². The van der Waals surface area contributed by atoms with Crippen LogP contribution >= 0.6 is 0 Å². The molecule has 20 heavy (non-hydrogen) atoms. The summed E-state index contributed by atoms with van der Waals surface area (Å²) in [4.78, 5) is 2.72. The van der Waals surface area contributed by atoms with Crippen LogP contribution in [0.5, 0.6) is 0 Å². The van der Waals surface area contributed by atoms with E-state index in [4.69, 9.17) is 0 Å². The zero-order valence-electron chi connectivity index (χ0n) is 13.6. The molecule has 1 aromatic carbocycles. The highest BCUT2D eigenvalue weighted by Gasteiger charge is 2.33. The lowest BCUT2D eigenvalue weighted by Crippen LogP contribution is -2.43. The third kappa shape index (κ3) is 3.24. The number of nitrogens with one attached hydrogen (secondary N) is 1. The second kappa shape index (κ2) is 7.24. The molecule has 1 heterocycles. The second-order valence-corrected chi connectivity index (χ2v) is 6.25. The summed E-state index contributed by atoms with van der Waals surface area (Å²) in [6.07, 6.45) is 3.93. The predicted molar refractivity (Wildman–Crippen MR) is 87.2 cm³/mol. The van der Waals surface area contributed by atoms with Gasteiger partial charge in [-0.3, -0.25) is 4.90 Å². The first-order chi connectivity index (χ1) is 9.69. The third-order valence-corrected chi connectivity index (χ3v) is 4.68. The Labute approximate surface area is 124 Å². The second-order valence-electron chi connectivity index (χ2n) is 6.25. The molecular weight excluding hydrogens is 244 g/mol. The lowest BCUT2D eigenvalue weighted by Gasteiger charge is -2.43. The minimum absolute atomic E-state index is 0.595. The van der Waals surface area contributed by atoms with Crippen molar-refractivity contribution in [2.24, 2.45) is 5.92 Å². The molecule has 112 valence electrons. The zero-order valence-corrected chi connectivity index (χ0v) is 13.6. The standard InChI is InChI=1S/C18H30N2/c1-5-11-20-12-7-10-16(13-19-4)18(20)17-14(2)8-6-9-15(17)3/h6,8-9,16,18-19H,5,7,10-13H2,1-4H3. The van der Waals surface area contributed by atoms with Crippen LogP contribution in [0.3, 0.4) is 0 Å². The third-order valence-electron chi connectivity index (χ3n) is 4.68. The monoisotopic (exact) mass is 274 g/mol. The van der Waals surface area contributed by atoms with Gasteiger partial charge in [0.25, 0.3) is 0 Å². The van der Waals surface area contributed by atoms with E-state index < -0.39 is 0 Å². The van der Waals surface area contributed by atoms with Gasteiger partial charge in [0.1, 0.15) is 0 Å². The van der Waals surface area contributed by atoms with E-state index in [0.29, 0.717) is 6.04 Å². The van der Waals surface area contributed by atoms with Crippen molar-refractivity contribution in [1.29, 1.82) is 0 Å². The summed E-state index contributed by atoms with van der Waals surface area (Å²) in [7, 11) is 2.08. The van der Waals surface area contributed by atoms with Gasteiger partial charge in [-0.25, -0.2) is 0 Å². The molecule has 1 aromatic rings. The average molecular weight is 274 g/mol. The Morgan fingerprint density at radius 1 is 1.25 bits per heavy atom. The summed E-state index contributed by atoms with van der Waals surface area (Å²) < 4.78 is 0. The summed E-state index contributed by atoms with van der Waals surface area (Å²) >= 11 is 0. The quantitative estimate of drug-likeness (QED) is 0.881. The van der Waals surface area contributed by atoms with Crippen molar-refractivity contribution in [3.8, 4) is 0 Å². The molecule has 2 rings (SSSR count). The summed E-state index contributed by atoms with van der Waals surface area (Å²) in [6.45, 7) is 10.4. The topological polar surface area (TPSA) is 15.3 Å². The highest BCUT2D eigenvalue weighted by molar-refractivity contribution is 5.37. The molecule has 0 aliphatic carbocycles. The SMILES string of the molecule is CCCN1CCCC(CNC)C1c1c(C)cccc1C. The fraction of sp³-hybridized carbons (Fsp3) is 0.667. The molecule has 0 aromatic heterocycles. The van der Waals surface area contributed by atoms with E-state index in [1.807, 2.05) is 0 Å². The van der Waals surface area contributed by atoms with Gasteiger partial charge in [0, 0.05) is 6.04 Å². The van der Waals surface area contributed by atoms with Gasteiger partial charge in [-0.15, -0.1) is 0 Å². The largest absolute Gasteiger partial charge is 0.319 e. The van der Waals surface area contributed by atoms with Crippen molar-refractivity contribution in [1.82, 2.24) is 10.2 Å². The lowest BCUT2D eigenvalue weighted by atomic mass is 9.81. The Bertz CT molecular complexity index is 389. The first kappa shape index (κ1) is 15.5. The van der Waals surface area contributed by atoms with Crippen LogP contribution in [-0.4, -0.2) is 31.6 Å². The lowest BCUT2D eigenvalue weighted by molar-refractivity contribution is 0.0915. The molecule has 0 spiro atoms. The molecule has 2 unspecified atom stereocenters. The maximum atomic E-state index is 3.41. The minimum Gasteiger partial charge on any atom is -0.319 e. The Morgan fingerprint density at radius 2 is 1.95 bits per heavy atom. The summed E-state index contributed by atoms with van der Waals surface area (Å²) in [5, 5.41) is 3.41. The van der Waals surface area contributed by atoms with Gasteiger partial charge in [-0.05, 0) is 82.4 Å². The fourth-order valence-electron chi connectivity index (χ4n) is 3.88. The summed E-state index contributed by atoms with van der Waals surface area (Å²) in [6, 6.07) is 7.33. The molecule has 0 radical (unpaired) electrons. The van der Waals surface area contributed by atoms with Gasteiger partial charge in [0.05, 0.1) is 0 Å². The smallest absolute Gasteiger partial charge is 0.0393 e. The van der Waals surface area contributed by atoms with Crippen LogP contribution in [0.15, 0.2) is 18.2 Å². The van der Waals surface area contributed by atoms with Crippen molar-refractivity contribution in [3.63, 3.8) is 0 Å². The molecule has 1 fully saturated rings. The number of aryl methyl sites for hydroxylation is 2. The van der Waals surface area contributed by atoms with Crippen LogP contribution < -0.4 is 5.32 Å². The minimum atomic E-state index is 0.595. The van der Waals surface area contributed by atoms with E-state index in [2.05, 4.69) is 56.2 Å². The van der Waals surface area contributed by atoms with Crippen molar-refractivity contribution in [2.45, 2.75) is 46.1 Å². The molecule has 1 N–H and O–H groups in total. The molecule has 1 saturated heterocycles. The van der Waals surface area contributed by atoms with E-state index >= 15 is 0 Å². The number of piperidine rings is 1. The maximum Gasteiger partial charge on any atom is 0.0393 e. The van der Waals surface area contributed by atoms with E-state index in [1.54, 1.807) is 5.56 Å². The highest BCUT2D eigenvalue weighted by atomic mass is 15.2. The fourth-order valence-corrected chi connectivity index (χ4v) is 3.88. The van der Waals surface area contributed by atoms with Gasteiger partial charge in [-0.1, -0.05) is 25.1 Å². The van der Waals surface area contributed by atoms with Gasteiger partial charge >= 0.3 is 0 Å². The summed E-state index contributed by atoms with van der Waals surface area (Å²) in [5.74, 6) is 0.736. The van der Waals surface area contributed by atoms with E-state index in [-0.39, 0.29) is 0 Å². The van der Waals surface area contributed by atoms with Gasteiger partial charge in [-0.2, -0.15) is 0 Å². The molecule has 0 amide bonds. The van der Waals surface area contributed by atoms with E-state index in [1.165, 1.54) is 43.5 Å². The van der Waals surface area contributed by atoms with Crippen molar-refractivity contribution < 1.29 is 0 Å². The van der Waals surface area contributed by atoms with Crippen LogP contribution in [0.4, 0.5) is 0 Å². The molecule has 1 aliphatic heterocycles. The Hall–Kier alpha value is -0.860. The molecule has 0 saturated carbocycles. The first-order valence-corrected chi connectivity index (χ1v) is 8.13. The van der Waals surface area contributed by atoms with Crippen LogP contribution in [0.25, 0.3) is 0 Å². The number of rotatable bonds is 5. The number of hydrogen-bond acceptors (Lipinski definition) is 2. The van der Waals surface area contributed by atoms with E-state index in [9.17, 15) is 0 Å². The molecule has 2 atom stereocenters. The highest BCUT2D eigenvalue weighted by Crippen LogP contribution is 2.38. The van der Waals surface area contributed by atoms with Gasteiger partial charge in [0.2, 0.25) is 0 Å². The van der Waals surface area contributed by atoms with Crippen LogP contribution in [0, 0.1) is 19.8 Å². The zero-order chi connectivity index (χ0) is 14.5. The van der Waals surface area contributed by atoms with Gasteiger partial charge in [0.15, 0.2) is 0 Å². The predicted octanol–water partition coefficient (Wildman–Crippen LogP) is 3.69. The van der Waals surface area contributed by atoms with Crippen LogP contribution in [0.1, 0.15) is 48.9 Å². The number of benzene rings is 1. The summed E-state index contributed by atoms with van der Waals surface area (Å²) in [5.41, 5.74) is 4.50. The number of nitrogens with zero attached hydrogens (tertiary/aromatic N) is 1. The van der Waals surface area contributed by atoms with Crippen LogP contribution in [-0.2, 0) is 0 Å². The van der Waals surface area contributed by atoms with Crippen molar-refractivity contribution in [2.75, 3.05) is 26.7 Å². The normalized spacial score (nSPS) is 24.0. The molecule has 1 aliphatic rings. The Kier molecular flexibility index (Phi) is 5.62. The Morgan fingerprint density at radius 3 is 2.55 bits per heavy atom. The Balaban J connectivity index is 2.38. The molecule has 0 bridgehead atoms. The maximum absolute atomic E-state index is 3.41. The number of likely N-dealkylation sites (tertiary alicyclic amines) is 1. The first-order valence-electron chi connectivity index (χ1n) is 8.13. The van der Waals surface area contributed by atoms with Crippen LogP contribution in [0.2, 0.25) is 0 Å². The molecule has 2 heteroatoms. The van der Waals surface area contributed by atoms with Crippen molar-refractivity contribution >= 4 is 0 Å². The molecule has 2 nitrogen and oxygen atoms in total.